The zero-order chi connectivity index (χ0) is 25.8. The molecule has 1 aliphatic heterocycles. The number of hydrogen-bond acceptors (Lipinski definition) is 4. The Morgan fingerprint density at radius 2 is 2.00 bits per heavy atom. The first kappa shape index (κ1) is 25.1. The van der Waals surface area contributed by atoms with Crippen molar-refractivity contribution in [1.82, 2.24) is 15.2 Å². The third-order valence-electron chi connectivity index (χ3n) is 7.06. The molecule has 1 fully saturated rings. The molecule has 0 bridgehead atoms. The van der Waals surface area contributed by atoms with Gasteiger partial charge < -0.3 is 9.47 Å². The van der Waals surface area contributed by atoms with Crippen LogP contribution >= 0.6 is 0 Å². The van der Waals surface area contributed by atoms with Crippen LogP contribution in [0.15, 0.2) is 54.7 Å². The number of ether oxygens (including phenoxy) is 2. The average molecular weight is 504 g/mol. The Balaban J connectivity index is 1.29. The van der Waals surface area contributed by atoms with Crippen molar-refractivity contribution in [2.24, 2.45) is 5.92 Å². The summed E-state index contributed by atoms with van der Waals surface area (Å²) in [6.45, 7) is 5.46. The van der Waals surface area contributed by atoms with Crippen molar-refractivity contribution < 1.29 is 18.3 Å². The molecule has 2 aromatic carbocycles. The van der Waals surface area contributed by atoms with Crippen molar-refractivity contribution in [1.29, 1.82) is 0 Å². The average Bonchev–Trinajstić information content (AvgIpc) is 3.30. The molecule has 4 aromatic rings. The first-order valence-electron chi connectivity index (χ1n) is 12.8. The molecule has 5 nitrogen and oxygen atoms in total. The topological polar surface area (TPSA) is 60.0 Å². The Hall–Kier alpha value is -3.58. The molecule has 1 atom stereocenters. The number of benzene rings is 2. The monoisotopic (exact) mass is 503 g/mol. The first-order valence-corrected chi connectivity index (χ1v) is 12.8. The molecule has 5 rings (SSSR count). The highest BCUT2D eigenvalue weighted by molar-refractivity contribution is 5.91. The van der Waals surface area contributed by atoms with Gasteiger partial charge in [0.2, 0.25) is 0 Å². The van der Waals surface area contributed by atoms with Gasteiger partial charge in [-0.05, 0) is 99.0 Å². The third-order valence-corrected chi connectivity index (χ3v) is 7.06. The second-order valence-corrected chi connectivity index (χ2v) is 9.70. The van der Waals surface area contributed by atoms with E-state index in [0.29, 0.717) is 28.4 Å². The molecule has 0 amide bonds. The lowest BCUT2D eigenvalue weighted by Crippen LogP contribution is -2.16. The van der Waals surface area contributed by atoms with Crippen LogP contribution in [0.3, 0.4) is 0 Å². The number of hydrogen-bond donors (Lipinski definition) is 1. The summed E-state index contributed by atoms with van der Waals surface area (Å²) >= 11 is 0. The predicted octanol–water partition coefficient (Wildman–Crippen LogP) is 7.37. The van der Waals surface area contributed by atoms with E-state index in [1.54, 1.807) is 18.3 Å². The summed E-state index contributed by atoms with van der Waals surface area (Å²) in [5.74, 6) is 0.634. The van der Waals surface area contributed by atoms with E-state index in [-0.39, 0.29) is 11.9 Å². The molecule has 1 N–H and O–H groups in total. The van der Waals surface area contributed by atoms with Crippen LogP contribution < -0.4 is 4.74 Å². The SMILES string of the molecule is Cc1cc(F)ccc1C(C)Oc1ccc2n[nH]c(/C=C(\F)c3ccc(CCC4CCOCC4)nc3)c2c1. The molecule has 1 unspecified atom stereocenters. The number of pyridine rings is 1. The fourth-order valence-corrected chi connectivity index (χ4v) is 4.87. The van der Waals surface area contributed by atoms with Crippen LogP contribution in [-0.4, -0.2) is 28.4 Å². The maximum atomic E-state index is 15.1. The number of fused-ring (bicyclic) bond motifs is 1. The maximum Gasteiger partial charge on any atom is 0.134 e. The number of halogens is 2. The van der Waals surface area contributed by atoms with Gasteiger partial charge in [-0.1, -0.05) is 6.07 Å². The molecule has 7 heteroatoms. The molecule has 0 spiro atoms. The fourth-order valence-electron chi connectivity index (χ4n) is 4.87. The van der Waals surface area contributed by atoms with Gasteiger partial charge >= 0.3 is 0 Å². The number of aromatic nitrogens is 3. The summed E-state index contributed by atoms with van der Waals surface area (Å²) in [5.41, 5.74) is 4.38. The van der Waals surface area contributed by atoms with Crippen LogP contribution in [0, 0.1) is 18.7 Å². The number of nitrogens with one attached hydrogen (secondary N) is 1. The van der Waals surface area contributed by atoms with Gasteiger partial charge in [-0.25, -0.2) is 8.78 Å². The van der Waals surface area contributed by atoms with Crippen molar-refractivity contribution in [3.05, 3.63) is 88.6 Å². The van der Waals surface area contributed by atoms with E-state index in [1.165, 1.54) is 18.2 Å². The summed E-state index contributed by atoms with van der Waals surface area (Å²) in [6.07, 6.45) is 6.92. The Labute approximate surface area is 215 Å². The number of aryl methyl sites for hydroxylation is 2. The van der Waals surface area contributed by atoms with E-state index < -0.39 is 5.83 Å². The lowest BCUT2D eigenvalue weighted by molar-refractivity contribution is 0.0639. The van der Waals surface area contributed by atoms with Crippen molar-refractivity contribution in [2.45, 2.75) is 45.6 Å². The van der Waals surface area contributed by atoms with Gasteiger partial charge in [0.25, 0.3) is 0 Å². The first-order chi connectivity index (χ1) is 18.0. The van der Waals surface area contributed by atoms with Crippen molar-refractivity contribution in [3.63, 3.8) is 0 Å². The van der Waals surface area contributed by atoms with Gasteiger partial charge in [0.15, 0.2) is 0 Å². The van der Waals surface area contributed by atoms with E-state index in [4.69, 9.17) is 9.47 Å². The molecule has 1 aliphatic rings. The Bertz CT molecular complexity index is 1390. The summed E-state index contributed by atoms with van der Waals surface area (Å²) in [4.78, 5) is 4.48. The van der Waals surface area contributed by atoms with Gasteiger partial charge in [-0.3, -0.25) is 10.1 Å². The Morgan fingerprint density at radius 1 is 1.16 bits per heavy atom. The van der Waals surface area contributed by atoms with E-state index in [0.717, 1.165) is 61.1 Å². The molecule has 2 aromatic heterocycles. The molecule has 192 valence electrons. The van der Waals surface area contributed by atoms with Crippen molar-refractivity contribution >= 4 is 22.8 Å². The van der Waals surface area contributed by atoms with Crippen LogP contribution in [0.2, 0.25) is 0 Å². The quantitative estimate of drug-likeness (QED) is 0.273. The van der Waals surface area contributed by atoms with E-state index >= 15 is 4.39 Å². The summed E-state index contributed by atoms with van der Waals surface area (Å²) < 4.78 is 40.2. The molecule has 0 radical (unpaired) electrons. The zero-order valence-corrected chi connectivity index (χ0v) is 21.1. The number of rotatable bonds is 8. The largest absolute Gasteiger partial charge is 0.486 e. The van der Waals surface area contributed by atoms with Crippen molar-refractivity contribution in [2.75, 3.05) is 13.2 Å². The molecule has 0 saturated carbocycles. The van der Waals surface area contributed by atoms with Gasteiger partial charge in [0, 0.05) is 42.1 Å². The van der Waals surface area contributed by atoms with Gasteiger partial charge in [0.1, 0.15) is 23.5 Å². The predicted molar refractivity (Wildman–Crippen MR) is 141 cm³/mol. The normalized spacial score (nSPS) is 15.7. The van der Waals surface area contributed by atoms with Crippen LogP contribution in [0.4, 0.5) is 8.78 Å². The fraction of sp³-hybridized carbons (Fsp3) is 0.333. The highest BCUT2D eigenvalue weighted by atomic mass is 19.1. The van der Waals surface area contributed by atoms with Gasteiger partial charge in [0.05, 0.1) is 11.2 Å². The maximum absolute atomic E-state index is 15.1. The smallest absolute Gasteiger partial charge is 0.134 e. The molecular formula is C30H31F2N3O2. The van der Waals surface area contributed by atoms with Gasteiger partial charge in [-0.15, -0.1) is 0 Å². The van der Waals surface area contributed by atoms with Crippen LogP contribution in [0.1, 0.15) is 60.4 Å². The Kier molecular flexibility index (Phi) is 7.60. The molecular weight excluding hydrogens is 472 g/mol. The zero-order valence-electron chi connectivity index (χ0n) is 21.1. The number of nitrogens with zero attached hydrogens (tertiary/aromatic N) is 2. The number of aromatic amines is 1. The van der Waals surface area contributed by atoms with Crippen LogP contribution in [0.25, 0.3) is 22.8 Å². The van der Waals surface area contributed by atoms with Crippen LogP contribution in [-0.2, 0) is 11.2 Å². The van der Waals surface area contributed by atoms with Gasteiger partial charge in [-0.2, -0.15) is 5.10 Å². The summed E-state index contributed by atoms with van der Waals surface area (Å²) in [7, 11) is 0. The van der Waals surface area contributed by atoms with E-state index in [2.05, 4.69) is 15.2 Å². The highest BCUT2D eigenvalue weighted by Gasteiger charge is 2.15. The molecule has 0 aliphatic carbocycles. The standard InChI is InChI=1S/C30H31F2N3O2/c1-19-15-23(31)5-9-26(19)20(2)37-25-8-10-29-27(16-25)30(35-34-29)17-28(32)22-4-7-24(33-18-22)6-3-21-11-13-36-14-12-21/h4-5,7-10,15-18,20-21H,3,6,11-14H2,1-2H3,(H,34,35)/b28-17-. The second kappa shape index (κ2) is 11.2. The molecule has 3 heterocycles. The summed E-state index contributed by atoms with van der Waals surface area (Å²) in [5, 5.41) is 7.96. The Morgan fingerprint density at radius 3 is 2.76 bits per heavy atom. The minimum atomic E-state index is -0.393. The lowest BCUT2D eigenvalue weighted by Gasteiger charge is -2.21. The van der Waals surface area contributed by atoms with Crippen LogP contribution in [0.5, 0.6) is 5.75 Å². The van der Waals surface area contributed by atoms with Crippen molar-refractivity contribution in [3.8, 4) is 5.75 Å². The van der Waals surface area contributed by atoms with E-state index in [9.17, 15) is 4.39 Å². The molecule has 1 saturated heterocycles. The second-order valence-electron chi connectivity index (χ2n) is 9.70. The van der Waals surface area contributed by atoms with E-state index in [1.807, 2.05) is 38.1 Å². The molecule has 37 heavy (non-hydrogen) atoms. The minimum Gasteiger partial charge on any atom is -0.486 e. The number of H-pyrrole nitrogens is 1. The lowest BCUT2D eigenvalue weighted by atomic mass is 9.94. The highest BCUT2D eigenvalue weighted by Crippen LogP contribution is 2.30. The summed E-state index contributed by atoms with van der Waals surface area (Å²) in [6, 6.07) is 13.8. The third kappa shape index (κ3) is 6.05. The minimum absolute atomic E-state index is 0.272.